The Hall–Kier alpha value is -2.47. The maximum absolute atomic E-state index is 7.43. The van der Waals surface area contributed by atoms with E-state index in [-0.39, 0.29) is 11.5 Å². The first kappa shape index (κ1) is 15.9. The van der Waals surface area contributed by atoms with Crippen molar-refractivity contribution in [3.63, 3.8) is 0 Å². The average molecular weight is 321 g/mol. The molecule has 2 rings (SSSR count). The number of aromatic nitrogens is 1. The van der Waals surface area contributed by atoms with Gasteiger partial charge in [-0.15, -0.1) is 0 Å². The molecule has 0 aliphatic heterocycles. The number of rotatable bonds is 4. The number of nitrogens with two attached hydrogens (primary N) is 2. The van der Waals surface area contributed by atoms with Crippen molar-refractivity contribution in [3.8, 4) is 22.8 Å². The van der Waals surface area contributed by atoms with Gasteiger partial charge in [0.25, 0.3) is 0 Å². The SMILES string of the molecule is COc1cc(OC)c(Cl)c(-c2cc(C=N)c(N)c(N)n2)c1C. The Labute approximate surface area is 133 Å². The standard InChI is InChI=1S/C15H17ClN4O2/c1-7-10(21-2)5-11(22-3)13(16)12(7)9-4-8(6-17)14(18)15(19)20-9/h4-6,17H,18H2,1-3H3,(H2,19,20). The highest BCUT2D eigenvalue weighted by Gasteiger charge is 2.19. The van der Waals surface area contributed by atoms with E-state index in [4.69, 9.17) is 38.0 Å². The monoisotopic (exact) mass is 320 g/mol. The molecule has 0 saturated carbocycles. The van der Waals surface area contributed by atoms with Crippen LogP contribution in [0.4, 0.5) is 11.5 Å². The first-order chi connectivity index (χ1) is 10.4. The fourth-order valence-corrected chi connectivity index (χ4v) is 2.58. The number of halogens is 1. The zero-order valence-electron chi connectivity index (χ0n) is 12.5. The number of ether oxygens (including phenoxy) is 2. The van der Waals surface area contributed by atoms with Gasteiger partial charge in [-0.3, -0.25) is 0 Å². The third-order valence-electron chi connectivity index (χ3n) is 3.41. The second-order valence-corrected chi connectivity index (χ2v) is 5.01. The Kier molecular flexibility index (Phi) is 4.42. The molecule has 0 fully saturated rings. The highest BCUT2D eigenvalue weighted by molar-refractivity contribution is 6.35. The summed E-state index contributed by atoms with van der Waals surface area (Å²) in [5.74, 6) is 1.23. The highest BCUT2D eigenvalue weighted by atomic mass is 35.5. The minimum Gasteiger partial charge on any atom is -0.496 e. The van der Waals surface area contributed by atoms with Crippen molar-refractivity contribution in [2.75, 3.05) is 25.7 Å². The summed E-state index contributed by atoms with van der Waals surface area (Å²) in [6.07, 6.45) is 1.12. The molecule has 1 aromatic heterocycles. The Morgan fingerprint density at radius 1 is 1.18 bits per heavy atom. The van der Waals surface area contributed by atoms with E-state index >= 15 is 0 Å². The molecule has 5 N–H and O–H groups in total. The molecule has 0 aliphatic carbocycles. The van der Waals surface area contributed by atoms with Crippen molar-refractivity contribution in [1.29, 1.82) is 5.41 Å². The van der Waals surface area contributed by atoms with Crippen LogP contribution < -0.4 is 20.9 Å². The van der Waals surface area contributed by atoms with Gasteiger partial charge in [0.1, 0.15) is 17.3 Å². The largest absolute Gasteiger partial charge is 0.496 e. The lowest BCUT2D eigenvalue weighted by Crippen LogP contribution is -2.04. The van der Waals surface area contributed by atoms with Crippen molar-refractivity contribution < 1.29 is 9.47 Å². The predicted molar refractivity (Wildman–Crippen MR) is 89.2 cm³/mol. The summed E-state index contributed by atoms with van der Waals surface area (Å²) in [5.41, 5.74) is 14.3. The number of hydrogen-bond donors (Lipinski definition) is 3. The lowest BCUT2D eigenvalue weighted by atomic mass is 10.0. The normalized spacial score (nSPS) is 10.4. The quantitative estimate of drug-likeness (QED) is 0.751. The van der Waals surface area contributed by atoms with Crippen molar-refractivity contribution in [2.24, 2.45) is 0 Å². The Balaban J connectivity index is 2.82. The summed E-state index contributed by atoms with van der Waals surface area (Å²) < 4.78 is 10.6. The van der Waals surface area contributed by atoms with E-state index in [1.165, 1.54) is 7.11 Å². The van der Waals surface area contributed by atoms with Crippen LogP contribution in [-0.2, 0) is 0 Å². The molecule has 7 heteroatoms. The molecule has 0 spiro atoms. The lowest BCUT2D eigenvalue weighted by Gasteiger charge is -2.16. The molecule has 2 aromatic rings. The molecular weight excluding hydrogens is 304 g/mol. The van der Waals surface area contributed by atoms with Crippen molar-refractivity contribution >= 4 is 29.3 Å². The van der Waals surface area contributed by atoms with Crippen LogP contribution in [0.15, 0.2) is 12.1 Å². The van der Waals surface area contributed by atoms with Crippen LogP contribution in [0, 0.1) is 12.3 Å². The van der Waals surface area contributed by atoms with Crippen LogP contribution in [0.2, 0.25) is 5.02 Å². The van der Waals surface area contributed by atoms with E-state index in [9.17, 15) is 0 Å². The van der Waals surface area contributed by atoms with Gasteiger partial charge in [-0.2, -0.15) is 0 Å². The number of nitrogens with zero attached hydrogens (tertiary/aromatic N) is 1. The van der Waals surface area contributed by atoms with E-state index in [2.05, 4.69) is 4.98 Å². The maximum atomic E-state index is 7.43. The molecular formula is C15H17ClN4O2. The third-order valence-corrected chi connectivity index (χ3v) is 3.79. The van der Waals surface area contributed by atoms with Gasteiger partial charge in [-0.25, -0.2) is 4.98 Å². The van der Waals surface area contributed by atoms with Gasteiger partial charge in [0.2, 0.25) is 0 Å². The zero-order chi connectivity index (χ0) is 16.4. The molecule has 116 valence electrons. The van der Waals surface area contributed by atoms with E-state index in [1.807, 2.05) is 6.92 Å². The number of benzene rings is 1. The average Bonchev–Trinajstić information content (AvgIpc) is 2.51. The van der Waals surface area contributed by atoms with E-state index < -0.39 is 0 Å². The molecule has 0 aliphatic rings. The summed E-state index contributed by atoms with van der Waals surface area (Å²) >= 11 is 6.42. The first-order valence-electron chi connectivity index (χ1n) is 6.42. The van der Waals surface area contributed by atoms with Gasteiger partial charge in [0.05, 0.1) is 30.6 Å². The Bertz CT molecular complexity index is 719. The lowest BCUT2D eigenvalue weighted by molar-refractivity contribution is 0.393. The summed E-state index contributed by atoms with van der Waals surface area (Å²) in [6, 6.07) is 3.37. The van der Waals surface area contributed by atoms with Crippen LogP contribution in [0.1, 0.15) is 11.1 Å². The van der Waals surface area contributed by atoms with Crippen LogP contribution >= 0.6 is 11.6 Å². The molecule has 22 heavy (non-hydrogen) atoms. The Morgan fingerprint density at radius 2 is 1.82 bits per heavy atom. The number of pyridine rings is 1. The summed E-state index contributed by atoms with van der Waals surface area (Å²) in [4.78, 5) is 4.28. The number of hydrogen-bond acceptors (Lipinski definition) is 6. The maximum Gasteiger partial charge on any atom is 0.147 e. The summed E-state index contributed by atoms with van der Waals surface area (Å²) in [7, 11) is 3.08. The van der Waals surface area contributed by atoms with E-state index in [0.29, 0.717) is 33.3 Å². The van der Waals surface area contributed by atoms with Gasteiger partial charge in [0, 0.05) is 29.0 Å². The van der Waals surface area contributed by atoms with Crippen LogP contribution in [0.25, 0.3) is 11.3 Å². The van der Waals surface area contributed by atoms with Gasteiger partial charge >= 0.3 is 0 Å². The smallest absolute Gasteiger partial charge is 0.147 e. The summed E-state index contributed by atoms with van der Waals surface area (Å²) in [6.45, 7) is 1.86. The van der Waals surface area contributed by atoms with Crippen molar-refractivity contribution in [2.45, 2.75) is 6.92 Å². The molecule has 1 heterocycles. The predicted octanol–water partition coefficient (Wildman–Crippen LogP) is 2.89. The van der Waals surface area contributed by atoms with Crippen LogP contribution in [-0.4, -0.2) is 25.4 Å². The van der Waals surface area contributed by atoms with Crippen LogP contribution in [0.5, 0.6) is 11.5 Å². The summed E-state index contributed by atoms with van der Waals surface area (Å²) in [5, 5.41) is 7.83. The van der Waals surface area contributed by atoms with Gasteiger partial charge < -0.3 is 26.4 Å². The van der Waals surface area contributed by atoms with Crippen LogP contribution in [0.3, 0.4) is 0 Å². The zero-order valence-corrected chi connectivity index (χ0v) is 13.3. The third kappa shape index (κ3) is 2.53. The minimum absolute atomic E-state index is 0.147. The van der Waals surface area contributed by atoms with Gasteiger partial charge in [0.15, 0.2) is 0 Å². The highest BCUT2D eigenvalue weighted by Crippen LogP contribution is 2.42. The topological polar surface area (TPSA) is 107 Å². The number of anilines is 2. The molecule has 1 aromatic carbocycles. The van der Waals surface area contributed by atoms with Gasteiger partial charge in [-0.1, -0.05) is 11.6 Å². The molecule has 0 atom stereocenters. The molecule has 0 amide bonds. The van der Waals surface area contributed by atoms with E-state index in [0.717, 1.165) is 11.8 Å². The number of nitrogen functional groups attached to an aromatic ring is 2. The number of nitrogens with one attached hydrogen (secondary N) is 1. The van der Waals surface area contributed by atoms with Crippen molar-refractivity contribution in [1.82, 2.24) is 4.98 Å². The molecule has 0 bridgehead atoms. The van der Waals surface area contributed by atoms with E-state index in [1.54, 1.807) is 19.2 Å². The first-order valence-corrected chi connectivity index (χ1v) is 6.80. The fourth-order valence-electron chi connectivity index (χ4n) is 2.21. The Morgan fingerprint density at radius 3 is 2.36 bits per heavy atom. The second kappa shape index (κ2) is 6.11. The molecule has 0 unspecified atom stereocenters. The molecule has 0 radical (unpaired) electrons. The minimum atomic E-state index is 0.147. The number of methoxy groups -OCH3 is 2. The van der Waals surface area contributed by atoms with Crippen molar-refractivity contribution in [3.05, 3.63) is 28.3 Å². The molecule has 6 nitrogen and oxygen atoms in total. The van der Waals surface area contributed by atoms with Gasteiger partial charge in [-0.05, 0) is 13.0 Å². The fraction of sp³-hybridized carbons (Fsp3) is 0.200. The second-order valence-electron chi connectivity index (χ2n) is 4.64. The molecule has 0 saturated heterocycles.